The van der Waals surface area contributed by atoms with Crippen LogP contribution in [0.5, 0.6) is 0 Å². The van der Waals surface area contributed by atoms with E-state index in [1.165, 1.54) is 0 Å². The lowest BCUT2D eigenvalue weighted by Crippen LogP contribution is -2.32. The van der Waals surface area contributed by atoms with Gasteiger partial charge in [0.05, 0.1) is 0 Å². The van der Waals surface area contributed by atoms with E-state index in [-0.39, 0.29) is 13.0 Å². The Morgan fingerprint density at radius 1 is 1.38 bits per heavy atom. The summed E-state index contributed by atoms with van der Waals surface area (Å²) in [5.74, 6) is -2.79. The fourth-order valence-corrected chi connectivity index (χ4v) is 0.799. The summed E-state index contributed by atoms with van der Waals surface area (Å²) in [6.07, 6.45) is -6.08. The first-order chi connectivity index (χ1) is 7.27. The lowest BCUT2D eigenvalue weighted by Gasteiger charge is -2.14. The molecule has 0 radical (unpaired) electrons. The van der Waals surface area contributed by atoms with E-state index in [1.807, 2.05) is 0 Å². The van der Waals surface area contributed by atoms with Crippen LogP contribution in [0.15, 0.2) is 4.99 Å². The summed E-state index contributed by atoms with van der Waals surface area (Å²) in [5, 5.41) is 0. The van der Waals surface area contributed by atoms with Crippen molar-refractivity contribution in [1.29, 1.82) is 0 Å². The molecule has 0 amide bonds. The van der Waals surface area contributed by atoms with Crippen molar-refractivity contribution < 1.29 is 22.7 Å². The summed E-state index contributed by atoms with van der Waals surface area (Å²) in [6.45, 7) is 0.222. The zero-order valence-electron chi connectivity index (χ0n) is 8.33. The molecule has 1 unspecified atom stereocenters. The molecule has 0 aliphatic carbocycles. The average Bonchev–Trinajstić information content (AvgIpc) is 2.11. The van der Waals surface area contributed by atoms with Crippen LogP contribution < -0.4 is 17.2 Å². The van der Waals surface area contributed by atoms with Gasteiger partial charge in [0.1, 0.15) is 0 Å². The summed E-state index contributed by atoms with van der Waals surface area (Å²) in [4.78, 5) is 13.8. The first kappa shape index (κ1) is 14.5. The second-order valence-corrected chi connectivity index (χ2v) is 2.84. The first-order valence-electron chi connectivity index (χ1n) is 4.34. The maximum absolute atomic E-state index is 11.9. The summed E-state index contributed by atoms with van der Waals surface area (Å²) < 4.78 is 39.6. The fraction of sp³-hybridized carbons (Fsp3) is 0.714. The van der Waals surface area contributed by atoms with Gasteiger partial charge in [0.15, 0.2) is 12.2 Å². The number of nitrogens with two attached hydrogens (primary N) is 3. The number of nitrogens with zero attached hydrogens (tertiary/aromatic N) is 1. The van der Waals surface area contributed by atoms with Crippen LogP contribution in [0.25, 0.3) is 0 Å². The zero-order valence-corrected chi connectivity index (χ0v) is 8.33. The number of rotatable bonds is 5. The van der Waals surface area contributed by atoms with Crippen molar-refractivity contribution in [2.45, 2.75) is 25.2 Å². The van der Waals surface area contributed by atoms with Gasteiger partial charge in [-0.1, -0.05) is 0 Å². The SMILES string of the molecule is NCCCC(N=C(N)N)OC(=O)C(F)(F)F. The van der Waals surface area contributed by atoms with Crippen LogP contribution in [0.4, 0.5) is 13.2 Å². The molecule has 0 aliphatic heterocycles. The largest absolute Gasteiger partial charge is 0.491 e. The van der Waals surface area contributed by atoms with E-state index in [0.29, 0.717) is 6.42 Å². The van der Waals surface area contributed by atoms with Crippen molar-refractivity contribution in [3.05, 3.63) is 0 Å². The summed E-state index contributed by atoms with van der Waals surface area (Å²) in [6, 6.07) is 0. The van der Waals surface area contributed by atoms with E-state index in [9.17, 15) is 18.0 Å². The smallest absolute Gasteiger partial charge is 0.433 e. The molecule has 0 heterocycles. The van der Waals surface area contributed by atoms with Gasteiger partial charge in [0.25, 0.3) is 0 Å². The van der Waals surface area contributed by atoms with Crippen LogP contribution in [0, 0.1) is 0 Å². The van der Waals surface area contributed by atoms with Crippen LogP contribution in [0.2, 0.25) is 0 Å². The molecule has 16 heavy (non-hydrogen) atoms. The summed E-state index contributed by atoms with van der Waals surface area (Å²) in [5.41, 5.74) is 15.1. The lowest BCUT2D eigenvalue weighted by molar-refractivity contribution is -0.204. The average molecular weight is 242 g/mol. The molecule has 0 saturated heterocycles. The van der Waals surface area contributed by atoms with Gasteiger partial charge in [-0.15, -0.1) is 0 Å². The normalized spacial score (nSPS) is 13.0. The molecule has 0 spiro atoms. The van der Waals surface area contributed by atoms with E-state index >= 15 is 0 Å². The Morgan fingerprint density at radius 3 is 2.31 bits per heavy atom. The number of carbonyl (C=O) groups is 1. The van der Waals surface area contributed by atoms with E-state index in [0.717, 1.165) is 0 Å². The molecule has 0 aromatic carbocycles. The number of hydrogen-bond acceptors (Lipinski definition) is 4. The molecule has 1 atom stereocenters. The molecule has 6 N–H and O–H groups in total. The molecule has 0 aliphatic rings. The van der Waals surface area contributed by atoms with Gasteiger partial charge < -0.3 is 21.9 Å². The van der Waals surface area contributed by atoms with Gasteiger partial charge in [0, 0.05) is 6.42 Å². The predicted octanol–water partition coefficient (Wildman–Crippen LogP) is -0.570. The van der Waals surface area contributed by atoms with Crippen LogP contribution in [0.3, 0.4) is 0 Å². The Bertz CT molecular complexity index is 263. The van der Waals surface area contributed by atoms with Gasteiger partial charge >= 0.3 is 12.1 Å². The number of guanidine groups is 1. The van der Waals surface area contributed by atoms with Crippen LogP contribution in [0.1, 0.15) is 12.8 Å². The van der Waals surface area contributed by atoms with Crippen molar-refractivity contribution in [1.82, 2.24) is 0 Å². The number of ether oxygens (including phenoxy) is 1. The van der Waals surface area contributed by atoms with Gasteiger partial charge in [0.2, 0.25) is 0 Å². The molecule has 9 heteroatoms. The molecule has 0 saturated carbocycles. The standard InChI is InChI=1S/C7H13F3N4O2/c8-7(9,10)5(15)16-4(2-1-3-11)14-6(12)13/h4H,1-3,11H2,(H4,12,13,14). The van der Waals surface area contributed by atoms with Gasteiger partial charge in [-0.2, -0.15) is 13.2 Å². The minimum absolute atomic E-state index is 0.0240. The molecule has 0 fully saturated rings. The van der Waals surface area contributed by atoms with Gasteiger partial charge in [-0.05, 0) is 13.0 Å². The fourth-order valence-electron chi connectivity index (χ4n) is 0.799. The molecule has 0 aromatic rings. The molecule has 0 rings (SSSR count). The van der Waals surface area contributed by atoms with Crippen LogP contribution in [-0.4, -0.2) is 30.9 Å². The number of esters is 1. The Kier molecular flexibility index (Phi) is 5.57. The van der Waals surface area contributed by atoms with Crippen molar-refractivity contribution in [2.75, 3.05) is 6.54 Å². The highest BCUT2D eigenvalue weighted by molar-refractivity contribution is 5.77. The third kappa shape index (κ3) is 6.06. The molecule has 0 aromatic heterocycles. The Balaban J connectivity index is 4.43. The maximum atomic E-state index is 11.9. The summed E-state index contributed by atoms with van der Waals surface area (Å²) >= 11 is 0. The molecular weight excluding hydrogens is 229 g/mol. The topological polar surface area (TPSA) is 117 Å². The number of hydrogen-bond donors (Lipinski definition) is 3. The second kappa shape index (κ2) is 6.16. The Labute approximate surface area is 89.6 Å². The quantitative estimate of drug-likeness (QED) is 0.339. The lowest BCUT2D eigenvalue weighted by atomic mass is 10.3. The number of carbonyl (C=O) groups excluding carboxylic acids is 1. The van der Waals surface area contributed by atoms with E-state index in [4.69, 9.17) is 17.2 Å². The second-order valence-electron chi connectivity index (χ2n) is 2.84. The van der Waals surface area contributed by atoms with Crippen molar-refractivity contribution in [2.24, 2.45) is 22.2 Å². The number of alkyl halides is 3. The van der Waals surface area contributed by atoms with Crippen LogP contribution in [-0.2, 0) is 9.53 Å². The van der Waals surface area contributed by atoms with Gasteiger partial charge in [-0.25, -0.2) is 9.79 Å². The van der Waals surface area contributed by atoms with Crippen molar-refractivity contribution >= 4 is 11.9 Å². The van der Waals surface area contributed by atoms with Gasteiger partial charge in [-0.3, -0.25) is 0 Å². The first-order valence-corrected chi connectivity index (χ1v) is 4.34. The van der Waals surface area contributed by atoms with Crippen molar-refractivity contribution in [3.63, 3.8) is 0 Å². The van der Waals surface area contributed by atoms with Crippen molar-refractivity contribution in [3.8, 4) is 0 Å². The third-order valence-electron chi connectivity index (χ3n) is 1.42. The zero-order chi connectivity index (χ0) is 12.8. The monoisotopic (exact) mass is 242 g/mol. The third-order valence-corrected chi connectivity index (χ3v) is 1.42. The minimum atomic E-state index is -5.07. The number of halogens is 3. The molecule has 94 valence electrons. The highest BCUT2D eigenvalue weighted by Crippen LogP contribution is 2.18. The minimum Gasteiger partial charge on any atom is -0.433 e. The van der Waals surface area contributed by atoms with E-state index in [1.54, 1.807) is 0 Å². The highest BCUT2D eigenvalue weighted by Gasteiger charge is 2.42. The molecular formula is C7H13F3N4O2. The summed E-state index contributed by atoms with van der Waals surface area (Å²) in [7, 11) is 0. The predicted molar refractivity (Wildman–Crippen MR) is 50.0 cm³/mol. The Hall–Kier alpha value is -1.51. The highest BCUT2D eigenvalue weighted by atomic mass is 19.4. The maximum Gasteiger partial charge on any atom is 0.491 e. The molecule has 0 bridgehead atoms. The van der Waals surface area contributed by atoms with Crippen LogP contribution >= 0.6 is 0 Å². The number of aliphatic imine (C=N–C) groups is 1. The van der Waals surface area contributed by atoms with E-state index < -0.39 is 24.3 Å². The molecule has 6 nitrogen and oxygen atoms in total. The Morgan fingerprint density at radius 2 is 1.94 bits per heavy atom. The van der Waals surface area contributed by atoms with E-state index in [2.05, 4.69) is 9.73 Å².